The van der Waals surface area contributed by atoms with Gasteiger partial charge in [-0.25, -0.2) is 9.69 Å². The van der Waals surface area contributed by atoms with E-state index in [1.807, 2.05) is 19.1 Å². The summed E-state index contributed by atoms with van der Waals surface area (Å²) in [5.41, 5.74) is 6.24. The highest BCUT2D eigenvalue weighted by Crippen LogP contribution is 2.61. The van der Waals surface area contributed by atoms with E-state index < -0.39 is 17.8 Å². The first kappa shape index (κ1) is 18.1. The standard InChI is InChI=1S/C26H19NO4/c1-13-6-11-18-19(12-13)21-17-5-3-2-4-16(17)20(18)22-23(21)25(29)27(24(22)28)15-9-7-14(8-10-15)26(30)31/h2-12,20-23H,1H3,(H,30,31)/t20-,21-,22+,23-/m1/s1. The van der Waals surface area contributed by atoms with Gasteiger partial charge in [0.05, 0.1) is 23.1 Å². The summed E-state index contributed by atoms with van der Waals surface area (Å²) in [6.45, 7) is 2.05. The third-order valence-electron chi connectivity index (χ3n) is 7.07. The van der Waals surface area contributed by atoms with Gasteiger partial charge in [0.15, 0.2) is 0 Å². The van der Waals surface area contributed by atoms with E-state index in [2.05, 4.69) is 30.3 Å². The van der Waals surface area contributed by atoms with E-state index in [0.29, 0.717) is 5.69 Å². The average molecular weight is 409 g/mol. The fourth-order valence-corrected chi connectivity index (χ4v) is 5.85. The molecular formula is C26H19NO4. The number of hydrogen-bond donors (Lipinski definition) is 1. The molecule has 0 radical (unpaired) electrons. The molecule has 3 aromatic carbocycles. The number of imide groups is 1. The first-order valence-electron chi connectivity index (χ1n) is 10.4. The van der Waals surface area contributed by atoms with Crippen molar-refractivity contribution in [1.29, 1.82) is 0 Å². The lowest BCUT2D eigenvalue weighted by Crippen LogP contribution is -2.41. The van der Waals surface area contributed by atoms with E-state index >= 15 is 0 Å². The summed E-state index contributed by atoms with van der Waals surface area (Å²) in [4.78, 5) is 39.7. The monoisotopic (exact) mass is 409 g/mol. The fraction of sp³-hybridized carbons (Fsp3) is 0.192. The van der Waals surface area contributed by atoms with Gasteiger partial charge in [-0.3, -0.25) is 9.59 Å². The maximum atomic E-state index is 13.7. The Hall–Kier alpha value is -3.73. The molecule has 4 atom stereocenters. The number of benzene rings is 3. The summed E-state index contributed by atoms with van der Waals surface area (Å²) in [5, 5.41) is 9.17. The van der Waals surface area contributed by atoms with Crippen LogP contribution in [-0.4, -0.2) is 22.9 Å². The zero-order chi connectivity index (χ0) is 21.4. The van der Waals surface area contributed by atoms with Crippen LogP contribution in [0.25, 0.3) is 0 Å². The molecule has 5 nitrogen and oxygen atoms in total. The summed E-state index contributed by atoms with van der Waals surface area (Å²) in [7, 11) is 0. The normalized spacial score (nSPS) is 25.3. The second kappa shape index (κ2) is 6.14. The molecule has 3 aromatic rings. The Labute approximate surface area is 178 Å². The molecule has 7 rings (SSSR count). The number of amides is 2. The number of nitrogens with zero attached hydrogens (tertiary/aromatic N) is 1. The summed E-state index contributed by atoms with van der Waals surface area (Å²) in [6, 6.07) is 20.4. The number of carboxylic acids is 1. The molecule has 4 aliphatic rings. The highest BCUT2D eigenvalue weighted by atomic mass is 16.4. The number of carbonyl (C=O) groups is 3. The van der Waals surface area contributed by atoms with Crippen molar-refractivity contribution in [3.63, 3.8) is 0 Å². The van der Waals surface area contributed by atoms with E-state index in [-0.39, 0.29) is 29.2 Å². The summed E-state index contributed by atoms with van der Waals surface area (Å²) in [6.07, 6.45) is 0. The van der Waals surface area contributed by atoms with Crippen LogP contribution < -0.4 is 4.90 Å². The quantitative estimate of drug-likeness (QED) is 0.647. The minimum atomic E-state index is -1.04. The van der Waals surface area contributed by atoms with Crippen molar-refractivity contribution in [3.8, 4) is 0 Å². The molecular weight excluding hydrogens is 390 g/mol. The average Bonchev–Trinajstić information content (AvgIpc) is 3.04. The molecule has 2 amide bonds. The molecule has 3 aliphatic carbocycles. The van der Waals surface area contributed by atoms with Crippen molar-refractivity contribution in [2.45, 2.75) is 18.8 Å². The van der Waals surface area contributed by atoms with Gasteiger partial charge < -0.3 is 5.11 Å². The molecule has 0 aromatic heterocycles. The number of hydrogen-bond acceptors (Lipinski definition) is 3. The van der Waals surface area contributed by atoms with E-state index in [1.165, 1.54) is 17.0 Å². The number of aryl methyl sites for hydroxylation is 1. The van der Waals surface area contributed by atoms with Crippen LogP contribution in [0.2, 0.25) is 0 Å². The zero-order valence-corrected chi connectivity index (χ0v) is 16.8. The summed E-state index contributed by atoms with van der Waals surface area (Å²) in [5.74, 6) is -2.63. The molecule has 1 N–H and O–H groups in total. The lowest BCUT2D eigenvalue weighted by atomic mass is 9.55. The van der Waals surface area contributed by atoms with Crippen molar-refractivity contribution in [2.24, 2.45) is 11.8 Å². The Kier molecular flexibility index (Phi) is 3.58. The van der Waals surface area contributed by atoms with Crippen LogP contribution in [0.15, 0.2) is 66.7 Å². The molecule has 0 spiro atoms. The summed E-state index contributed by atoms with van der Waals surface area (Å²) >= 11 is 0. The number of anilines is 1. The Bertz CT molecular complexity index is 1290. The molecule has 2 bridgehead atoms. The molecule has 1 heterocycles. The topological polar surface area (TPSA) is 74.7 Å². The van der Waals surface area contributed by atoms with Crippen LogP contribution in [0.5, 0.6) is 0 Å². The Morgan fingerprint density at radius 1 is 0.774 bits per heavy atom. The molecule has 1 saturated heterocycles. The lowest BCUT2D eigenvalue weighted by molar-refractivity contribution is -0.122. The van der Waals surface area contributed by atoms with Crippen molar-refractivity contribution < 1.29 is 19.5 Å². The third-order valence-corrected chi connectivity index (χ3v) is 7.07. The van der Waals surface area contributed by atoms with Crippen LogP contribution in [0.1, 0.15) is 50.0 Å². The number of carboxylic acid groups (broad SMARTS) is 1. The summed E-state index contributed by atoms with van der Waals surface area (Å²) < 4.78 is 0. The minimum absolute atomic E-state index is 0.121. The predicted molar refractivity (Wildman–Crippen MR) is 114 cm³/mol. The molecule has 31 heavy (non-hydrogen) atoms. The molecule has 0 unspecified atom stereocenters. The van der Waals surface area contributed by atoms with Crippen molar-refractivity contribution in [3.05, 3.63) is 100 Å². The van der Waals surface area contributed by atoms with Gasteiger partial charge in [-0.1, -0.05) is 48.0 Å². The van der Waals surface area contributed by atoms with Gasteiger partial charge >= 0.3 is 5.97 Å². The zero-order valence-electron chi connectivity index (χ0n) is 16.8. The van der Waals surface area contributed by atoms with Gasteiger partial charge in [0.1, 0.15) is 0 Å². The second-order valence-electron chi connectivity index (χ2n) is 8.63. The van der Waals surface area contributed by atoms with E-state index in [4.69, 9.17) is 5.11 Å². The van der Waals surface area contributed by atoms with Gasteiger partial charge in [0.25, 0.3) is 0 Å². The maximum Gasteiger partial charge on any atom is 0.335 e. The van der Waals surface area contributed by atoms with Crippen molar-refractivity contribution in [2.75, 3.05) is 4.90 Å². The van der Waals surface area contributed by atoms with Crippen molar-refractivity contribution >= 4 is 23.5 Å². The Balaban J connectivity index is 1.52. The first-order valence-corrected chi connectivity index (χ1v) is 10.4. The number of rotatable bonds is 2. The first-order chi connectivity index (χ1) is 15.0. The van der Waals surface area contributed by atoms with Crippen LogP contribution in [0, 0.1) is 18.8 Å². The lowest BCUT2D eigenvalue weighted by Gasteiger charge is -2.46. The number of carbonyl (C=O) groups excluding carboxylic acids is 2. The molecule has 1 aliphatic heterocycles. The van der Waals surface area contributed by atoms with Gasteiger partial charge in [0, 0.05) is 11.8 Å². The van der Waals surface area contributed by atoms with Crippen LogP contribution >= 0.6 is 0 Å². The minimum Gasteiger partial charge on any atom is -0.478 e. The van der Waals surface area contributed by atoms with Gasteiger partial charge in [0.2, 0.25) is 11.8 Å². The largest absolute Gasteiger partial charge is 0.478 e. The van der Waals surface area contributed by atoms with E-state index in [9.17, 15) is 14.4 Å². The Morgan fingerprint density at radius 3 is 1.90 bits per heavy atom. The van der Waals surface area contributed by atoms with E-state index in [1.54, 1.807) is 12.1 Å². The SMILES string of the molecule is Cc1ccc2c(c1)[C@H]1c3ccccc3[C@H]2[C@@H]2C(=O)N(c3ccc(C(=O)O)cc3)C(=O)[C@H]12. The van der Waals surface area contributed by atoms with E-state index in [0.717, 1.165) is 27.8 Å². The molecule has 5 heteroatoms. The van der Waals surface area contributed by atoms with Crippen LogP contribution in [0.4, 0.5) is 5.69 Å². The maximum absolute atomic E-state index is 13.7. The van der Waals surface area contributed by atoms with Crippen LogP contribution in [0.3, 0.4) is 0 Å². The smallest absolute Gasteiger partial charge is 0.335 e. The highest BCUT2D eigenvalue weighted by Gasteiger charge is 2.61. The molecule has 152 valence electrons. The molecule has 1 fully saturated rings. The third kappa shape index (κ3) is 2.29. The van der Waals surface area contributed by atoms with Gasteiger partial charge in [-0.05, 0) is 53.4 Å². The fourth-order valence-electron chi connectivity index (χ4n) is 5.85. The van der Waals surface area contributed by atoms with Crippen LogP contribution in [-0.2, 0) is 9.59 Å². The van der Waals surface area contributed by atoms with Gasteiger partial charge in [-0.2, -0.15) is 0 Å². The Morgan fingerprint density at radius 2 is 1.32 bits per heavy atom. The number of aromatic carboxylic acids is 1. The van der Waals surface area contributed by atoms with Crippen molar-refractivity contribution in [1.82, 2.24) is 0 Å². The van der Waals surface area contributed by atoms with Gasteiger partial charge in [-0.15, -0.1) is 0 Å². The highest BCUT2D eigenvalue weighted by molar-refractivity contribution is 6.23. The predicted octanol–water partition coefficient (Wildman–Crippen LogP) is 4.09. The molecule has 0 saturated carbocycles. The second-order valence-corrected chi connectivity index (χ2v) is 8.63.